The number of benzene rings is 1. The minimum Gasteiger partial charge on any atom is -0.466 e. The molecule has 7 heteroatoms. The molecule has 0 bridgehead atoms. The second-order valence-corrected chi connectivity index (χ2v) is 5.97. The summed E-state index contributed by atoms with van der Waals surface area (Å²) in [6.45, 7) is 2.04. The van der Waals surface area contributed by atoms with Crippen LogP contribution in [0.15, 0.2) is 29.2 Å². The summed E-state index contributed by atoms with van der Waals surface area (Å²) in [5.41, 5.74) is 6.54. The first kappa shape index (κ1) is 17.9. The summed E-state index contributed by atoms with van der Waals surface area (Å²) >= 11 is 0. The monoisotopic (exact) mass is 307 g/mol. The number of halogens is 1. The maximum absolute atomic E-state index is 11.3. The molecule has 1 atom stereocenters. The summed E-state index contributed by atoms with van der Waals surface area (Å²) in [4.78, 5) is 11.5. The molecule has 1 rings (SSSR count). The molecule has 0 aromatic heterocycles. The largest absolute Gasteiger partial charge is 0.466 e. The van der Waals surface area contributed by atoms with Gasteiger partial charge >= 0.3 is 5.97 Å². The van der Waals surface area contributed by atoms with Crippen molar-refractivity contribution in [3.05, 3.63) is 29.8 Å². The zero-order valence-corrected chi connectivity index (χ0v) is 12.5. The lowest BCUT2D eigenvalue weighted by atomic mass is 10.1. The predicted molar refractivity (Wildman–Crippen MR) is 75.0 cm³/mol. The zero-order chi connectivity index (χ0) is 13.8. The number of carbonyl (C=O) groups is 1. The molecule has 1 aromatic carbocycles. The summed E-state index contributed by atoms with van der Waals surface area (Å²) < 4.78 is 27.3. The molecule has 0 unspecified atom stereocenters. The SMILES string of the molecule is CCOC(=O)C[C@@H](N)c1ccc(S(C)(=O)=O)cc1.Cl. The minimum absolute atomic E-state index is 0. The summed E-state index contributed by atoms with van der Waals surface area (Å²) in [6.07, 6.45) is 1.21. The lowest BCUT2D eigenvalue weighted by molar-refractivity contribution is -0.143. The van der Waals surface area contributed by atoms with Crippen molar-refractivity contribution in [2.24, 2.45) is 5.73 Å². The zero-order valence-electron chi connectivity index (χ0n) is 10.8. The van der Waals surface area contributed by atoms with Gasteiger partial charge in [0.25, 0.3) is 0 Å². The lowest BCUT2D eigenvalue weighted by Gasteiger charge is -2.11. The maximum Gasteiger partial charge on any atom is 0.307 e. The molecular weight excluding hydrogens is 290 g/mol. The van der Waals surface area contributed by atoms with Crippen LogP contribution < -0.4 is 5.73 Å². The van der Waals surface area contributed by atoms with E-state index < -0.39 is 15.9 Å². The second-order valence-electron chi connectivity index (χ2n) is 3.96. The number of hydrogen-bond donors (Lipinski definition) is 1. The van der Waals surface area contributed by atoms with Gasteiger partial charge in [0.1, 0.15) is 0 Å². The van der Waals surface area contributed by atoms with Gasteiger partial charge in [-0.05, 0) is 24.6 Å². The van der Waals surface area contributed by atoms with Gasteiger partial charge in [-0.25, -0.2) is 8.42 Å². The van der Waals surface area contributed by atoms with Gasteiger partial charge in [-0.3, -0.25) is 4.79 Å². The molecule has 0 amide bonds. The fraction of sp³-hybridized carbons (Fsp3) is 0.417. The Morgan fingerprint density at radius 1 is 1.32 bits per heavy atom. The van der Waals surface area contributed by atoms with Crippen LogP contribution in [0.1, 0.15) is 24.9 Å². The Labute approximate surface area is 119 Å². The van der Waals surface area contributed by atoms with Crippen molar-refractivity contribution in [1.29, 1.82) is 0 Å². The van der Waals surface area contributed by atoms with E-state index in [0.717, 1.165) is 6.26 Å². The van der Waals surface area contributed by atoms with Gasteiger partial charge in [0.05, 0.1) is 17.9 Å². The second kappa shape index (κ2) is 7.47. The van der Waals surface area contributed by atoms with Crippen LogP contribution in [0, 0.1) is 0 Å². The van der Waals surface area contributed by atoms with Crippen LogP contribution in [0.4, 0.5) is 0 Å². The van der Waals surface area contributed by atoms with Crippen molar-refractivity contribution in [3.63, 3.8) is 0 Å². The lowest BCUT2D eigenvalue weighted by Crippen LogP contribution is -2.17. The molecule has 0 spiro atoms. The third-order valence-electron chi connectivity index (χ3n) is 2.43. The molecule has 1 aromatic rings. The highest BCUT2D eigenvalue weighted by Crippen LogP contribution is 2.17. The van der Waals surface area contributed by atoms with E-state index in [2.05, 4.69) is 0 Å². The molecule has 0 aliphatic heterocycles. The Kier molecular flexibility index (Phi) is 7.04. The van der Waals surface area contributed by atoms with Gasteiger partial charge in [0, 0.05) is 12.3 Å². The van der Waals surface area contributed by atoms with Crippen molar-refractivity contribution in [3.8, 4) is 0 Å². The Morgan fingerprint density at radius 3 is 2.26 bits per heavy atom. The number of rotatable bonds is 5. The van der Waals surface area contributed by atoms with Crippen LogP contribution in [0.2, 0.25) is 0 Å². The van der Waals surface area contributed by atoms with Gasteiger partial charge in [-0.15, -0.1) is 12.4 Å². The van der Waals surface area contributed by atoms with Gasteiger partial charge in [-0.2, -0.15) is 0 Å². The summed E-state index contributed by atoms with van der Waals surface area (Å²) in [6, 6.07) is 5.70. The predicted octanol–water partition coefficient (Wildman–Crippen LogP) is 1.46. The van der Waals surface area contributed by atoms with Crippen molar-refractivity contribution in [1.82, 2.24) is 0 Å². The van der Waals surface area contributed by atoms with Gasteiger partial charge in [0.15, 0.2) is 9.84 Å². The molecule has 0 fully saturated rings. The molecule has 0 radical (unpaired) electrons. The average molecular weight is 308 g/mol. The number of carbonyl (C=O) groups excluding carboxylic acids is 1. The van der Waals surface area contributed by atoms with E-state index in [0.29, 0.717) is 12.2 Å². The molecule has 5 nitrogen and oxygen atoms in total. The number of hydrogen-bond acceptors (Lipinski definition) is 5. The average Bonchev–Trinajstić information content (AvgIpc) is 2.28. The number of esters is 1. The van der Waals surface area contributed by atoms with Gasteiger partial charge in [-0.1, -0.05) is 12.1 Å². The molecule has 0 heterocycles. The highest BCUT2D eigenvalue weighted by atomic mass is 35.5. The van der Waals surface area contributed by atoms with Crippen molar-refractivity contribution in [2.75, 3.05) is 12.9 Å². The number of ether oxygens (including phenoxy) is 1. The van der Waals surface area contributed by atoms with E-state index in [1.165, 1.54) is 12.1 Å². The molecule has 0 saturated carbocycles. The van der Waals surface area contributed by atoms with Crippen molar-refractivity contribution >= 4 is 28.2 Å². The van der Waals surface area contributed by atoms with Crippen LogP contribution in [-0.2, 0) is 19.4 Å². The highest BCUT2D eigenvalue weighted by Gasteiger charge is 2.13. The third kappa shape index (κ3) is 5.59. The molecule has 0 aliphatic rings. The van der Waals surface area contributed by atoms with E-state index in [1.807, 2.05) is 0 Å². The van der Waals surface area contributed by atoms with E-state index in [4.69, 9.17) is 10.5 Å². The van der Waals surface area contributed by atoms with E-state index >= 15 is 0 Å². The molecular formula is C12H18ClNO4S. The smallest absolute Gasteiger partial charge is 0.307 e. The first-order valence-electron chi connectivity index (χ1n) is 5.55. The number of sulfone groups is 1. The maximum atomic E-state index is 11.3. The van der Waals surface area contributed by atoms with Gasteiger partial charge < -0.3 is 10.5 Å². The standard InChI is InChI=1S/C12H17NO4S.ClH/c1-3-17-12(14)8-11(13)9-4-6-10(7-5-9)18(2,15)16;/h4-7,11H,3,8,13H2,1-2H3;1H/t11-;/m1./s1. The van der Waals surface area contributed by atoms with Gasteiger partial charge in [0.2, 0.25) is 0 Å². The quantitative estimate of drug-likeness (QED) is 0.832. The van der Waals surface area contributed by atoms with Crippen LogP contribution >= 0.6 is 12.4 Å². The first-order chi connectivity index (χ1) is 8.34. The van der Waals surface area contributed by atoms with Crippen LogP contribution in [0.3, 0.4) is 0 Å². The Balaban J connectivity index is 0.00000324. The normalized spacial score (nSPS) is 12.4. The summed E-state index contributed by atoms with van der Waals surface area (Å²) in [5, 5.41) is 0. The Bertz CT molecular complexity index is 513. The fourth-order valence-electron chi connectivity index (χ4n) is 1.48. The van der Waals surface area contributed by atoms with Crippen LogP contribution in [-0.4, -0.2) is 27.2 Å². The number of nitrogens with two attached hydrogens (primary N) is 1. The summed E-state index contributed by atoms with van der Waals surface area (Å²) in [5.74, 6) is -0.364. The topological polar surface area (TPSA) is 86.5 Å². The molecule has 0 saturated heterocycles. The Morgan fingerprint density at radius 2 is 1.84 bits per heavy atom. The van der Waals surface area contributed by atoms with E-state index in [1.54, 1.807) is 19.1 Å². The fourth-order valence-corrected chi connectivity index (χ4v) is 2.11. The van der Waals surface area contributed by atoms with Crippen LogP contribution in [0.25, 0.3) is 0 Å². The van der Waals surface area contributed by atoms with E-state index in [-0.39, 0.29) is 29.7 Å². The molecule has 108 valence electrons. The van der Waals surface area contributed by atoms with Crippen molar-refractivity contribution < 1.29 is 17.9 Å². The third-order valence-corrected chi connectivity index (χ3v) is 3.56. The molecule has 2 N–H and O–H groups in total. The van der Waals surface area contributed by atoms with E-state index in [9.17, 15) is 13.2 Å². The van der Waals surface area contributed by atoms with Crippen molar-refractivity contribution in [2.45, 2.75) is 24.3 Å². The molecule has 0 aliphatic carbocycles. The first-order valence-corrected chi connectivity index (χ1v) is 7.45. The minimum atomic E-state index is -3.21. The summed E-state index contributed by atoms with van der Waals surface area (Å²) in [7, 11) is -3.21. The Hall–Kier alpha value is -1.11. The highest BCUT2D eigenvalue weighted by molar-refractivity contribution is 7.90. The molecule has 19 heavy (non-hydrogen) atoms. The van der Waals surface area contributed by atoms with Crippen LogP contribution in [0.5, 0.6) is 0 Å².